The van der Waals surface area contributed by atoms with Crippen LogP contribution in [-0.2, 0) is 25.5 Å². The molecule has 2 heterocycles. The maximum atomic E-state index is 13.1. The molecular weight excluding hydrogens is 413 g/mol. The number of allylic oxidation sites excluding steroid dienone is 1. The Morgan fingerprint density at radius 3 is 2.55 bits per heavy atom. The van der Waals surface area contributed by atoms with Crippen LogP contribution in [-0.4, -0.2) is 50.0 Å². The van der Waals surface area contributed by atoms with Gasteiger partial charge < -0.3 is 10.1 Å². The van der Waals surface area contributed by atoms with Crippen LogP contribution in [0, 0.1) is 0 Å². The highest BCUT2D eigenvalue weighted by molar-refractivity contribution is 7.91. The van der Waals surface area contributed by atoms with Gasteiger partial charge in [-0.05, 0) is 31.0 Å². The van der Waals surface area contributed by atoms with Crippen molar-refractivity contribution in [2.75, 3.05) is 18.6 Å². The molecular formula is C18H19F3N2O5S. The highest BCUT2D eigenvalue weighted by Gasteiger charge is 2.43. The summed E-state index contributed by atoms with van der Waals surface area (Å²) >= 11 is 0. The second-order valence-corrected chi connectivity index (χ2v) is 9.15. The van der Waals surface area contributed by atoms with Gasteiger partial charge in [0.1, 0.15) is 0 Å². The van der Waals surface area contributed by atoms with Gasteiger partial charge in [-0.15, -0.1) is 0 Å². The van der Waals surface area contributed by atoms with Crippen molar-refractivity contribution >= 4 is 21.8 Å². The minimum atomic E-state index is -4.59. The second-order valence-electron chi connectivity index (χ2n) is 6.92. The third-order valence-corrected chi connectivity index (χ3v) is 6.80. The number of urea groups is 1. The summed E-state index contributed by atoms with van der Waals surface area (Å²) in [6.45, 7) is 1.45. The van der Waals surface area contributed by atoms with E-state index in [2.05, 4.69) is 5.32 Å². The zero-order valence-corrected chi connectivity index (χ0v) is 16.4. The van der Waals surface area contributed by atoms with Crippen molar-refractivity contribution in [3.63, 3.8) is 0 Å². The summed E-state index contributed by atoms with van der Waals surface area (Å²) in [6, 6.07) is 1.79. The average molecular weight is 432 g/mol. The maximum absolute atomic E-state index is 13.1. The Bertz CT molecular complexity index is 987. The number of sulfone groups is 1. The van der Waals surface area contributed by atoms with Gasteiger partial charge in [-0.3, -0.25) is 4.90 Å². The van der Waals surface area contributed by atoms with Crippen LogP contribution in [0.4, 0.5) is 18.0 Å². The molecule has 1 aromatic carbocycles. The molecule has 0 bridgehead atoms. The molecule has 0 saturated carbocycles. The van der Waals surface area contributed by atoms with Gasteiger partial charge in [0.2, 0.25) is 0 Å². The predicted octanol–water partition coefficient (Wildman–Crippen LogP) is 2.41. The smallest absolute Gasteiger partial charge is 0.416 e. The maximum Gasteiger partial charge on any atom is 0.416 e. The first-order valence-electron chi connectivity index (χ1n) is 8.71. The van der Waals surface area contributed by atoms with Crippen molar-refractivity contribution in [1.82, 2.24) is 10.2 Å². The summed E-state index contributed by atoms with van der Waals surface area (Å²) in [7, 11) is -2.19. The number of ether oxygens (including phenoxy) is 1. The Balaban J connectivity index is 2.08. The summed E-state index contributed by atoms with van der Waals surface area (Å²) in [6.07, 6.45) is -4.39. The molecule has 2 aliphatic rings. The highest BCUT2D eigenvalue weighted by atomic mass is 32.2. The topological polar surface area (TPSA) is 92.8 Å². The molecule has 0 aliphatic carbocycles. The summed E-state index contributed by atoms with van der Waals surface area (Å²) < 4.78 is 67.7. The number of benzene rings is 1. The van der Waals surface area contributed by atoms with E-state index in [1.54, 1.807) is 0 Å². The third kappa shape index (κ3) is 4.09. The lowest BCUT2D eigenvalue weighted by atomic mass is 9.93. The minimum Gasteiger partial charge on any atom is -0.466 e. The molecule has 158 valence electrons. The Hall–Kier alpha value is -2.56. The monoisotopic (exact) mass is 432 g/mol. The van der Waals surface area contributed by atoms with Crippen LogP contribution < -0.4 is 5.32 Å². The number of halogens is 3. The van der Waals surface area contributed by atoms with Crippen molar-refractivity contribution in [2.45, 2.75) is 31.6 Å². The van der Waals surface area contributed by atoms with E-state index in [0.29, 0.717) is 0 Å². The summed E-state index contributed by atoms with van der Waals surface area (Å²) in [5, 5.41) is 2.53. The van der Waals surface area contributed by atoms with Crippen LogP contribution in [0.5, 0.6) is 0 Å². The van der Waals surface area contributed by atoms with Crippen molar-refractivity contribution in [1.29, 1.82) is 0 Å². The van der Waals surface area contributed by atoms with Crippen LogP contribution in [0.3, 0.4) is 0 Å². The number of hydrogen-bond acceptors (Lipinski definition) is 5. The van der Waals surface area contributed by atoms with Crippen molar-refractivity contribution < 1.29 is 35.9 Å². The van der Waals surface area contributed by atoms with Gasteiger partial charge in [0.15, 0.2) is 9.84 Å². The van der Waals surface area contributed by atoms with E-state index in [1.165, 1.54) is 24.0 Å². The van der Waals surface area contributed by atoms with E-state index in [-0.39, 0.29) is 34.8 Å². The molecule has 1 fully saturated rings. The number of carbonyl (C=O) groups excluding carboxylic acids is 2. The lowest BCUT2D eigenvalue weighted by Crippen LogP contribution is -2.52. The van der Waals surface area contributed by atoms with Crippen molar-refractivity contribution in [2.24, 2.45) is 0 Å². The lowest BCUT2D eigenvalue weighted by molar-refractivity contribution is -0.137. The second kappa shape index (κ2) is 7.36. The molecule has 29 heavy (non-hydrogen) atoms. The molecule has 1 aromatic rings. The molecule has 3 rings (SSSR count). The van der Waals surface area contributed by atoms with Crippen molar-refractivity contribution in [3.8, 4) is 0 Å². The van der Waals surface area contributed by atoms with E-state index in [4.69, 9.17) is 4.74 Å². The van der Waals surface area contributed by atoms with E-state index >= 15 is 0 Å². The van der Waals surface area contributed by atoms with Gasteiger partial charge in [0.05, 0.1) is 41.8 Å². The number of nitrogens with one attached hydrogen (secondary N) is 1. The molecule has 0 spiro atoms. The first-order chi connectivity index (χ1) is 13.4. The zero-order chi connectivity index (χ0) is 21.6. The number of amides is 2. The number of nitrogens with zero attached hydrogens (tertiary/aromatic N) is 1. The Morgan fingerprint density at radius 2 is 2.00 bits per heavy atom. The summed E-state index contributed by atoms with van der Waals surface area (Å²) in [4.78, 5) is 26.4. The summed E-state index contributed by atoms with van der Waals surface area (Å²) in [5.74, 6) is -1.16. The van der Waals surface area contributed by atoms with E-state index < -0.39 is 45.7 Å². The number of alkyl halides is 3. The molecule has 2 aliphatic heterocycles. The number of carbonyl (C=O) groups is 2. The standard InChI is InChI=1S/C18H19F3N2O5S/c1-10-14(16(24)28-2)15(11-4-3-5-12(8-11)18(19,20)21)22-17(25)23(10)13-6-7-29(26,27)9-13/h3-5,8,13,15H,6-7,9H2,1-2H3,(H,22,25)/t13-,15+/m1/s1. The first-order valence-corrected chi connectivity index (χ1v) is 10.5. The van der Waals surface area contributed by atoms with Crippen LogP contribution in [0.25, 0.3) is 0 Å². The SMILES string of the molecule is COC(=O)C1=C(C)N([C@@H]2CCS(=O)(=O)C2)C(=O)N[C@H]1c1cccc(C(F)(F)F)c1. The van der Waals surface area contributed by atoms with Gasteiger partial charge in [-0.25, -0.2) is 18.0 Å². The first kappa shape index (κ1) is 21.2. The number of rotatable bonds is 3. The van der Waals surface area contributed by atoms with E-state index in [0.717, 1.165) is 19.2 Å². The fourth-order valence-electron chi connectivity index (χ4n) is 3.69. The fraction of sp³-hybridized carbons (Fsp3) is 0.444. The quantitative estimate of drug-likeness (QED) is 0.741. The Morgan fingerprint density at radius 1 is 1.31 bits per heavy atom. The fourth-order valence-corrected chi connectivity index (χ4v) is 5.39. The van der Waals surface area contributed by atoms with Gasteiger partial charge >= 0.3 is 18.2 Å². The Kier molecular flexibility index (Phi) is 5.37. The number of esters is 1. The summed E-state index contributed by atoms with van der Waals surface area (Å²) in [5.41, 5.74) is -0.747. The predicted molar refractivity (Wildman–Crippen MR) is 96.3 cm³/mol. The van der Waals surface area contributed by atoms with Gasteiger partial charge in [-0.2, -0.15) is 13.2 Å². The molecule has 7 nitrogen and oxygen atoms in total. The Labute approximate surface area is 165 Å². The van der Waals surface area contributed by atoms with Gasteiger partial charge in [-0.1, -0.05) is 12.1 Å². The van der Waals surface area contributed by atoms with Crippen LogP contribution in [0.15, 0.2) is 35.5 Å². The lowest BCUT2D eigenvalue weighted by Gasteiger charge is -2.38. The minimum absolute atomic E-state index is 0.0456. The third-order valence-electron chi connectivity index (χ3n) is 5.05. The highest BCUT2D eigenvalue weighted by Crippen LogP contribution is 2.36. The van der Waals surface area contributed by atoms with Crippen LogP contribution >= 0.6 is 0 Å². The molecule has 0 radical (unpaired) electrons. The van der Waals surface area contributed by atoms with Crippen molar-refractivity contribution in [3.05, 3.63) is 46.7 Å². The molecule has 2 amide bonds. The molecule has 1 N–H and O–H groups in total. The molecule has 0 unspecified atom stereocenters. The zero-order valence-electron chi connectivity index (χ0n) is 15.6. The van der Waals surface area contributed by atoms with Crippen LogP contribution in [0.2, 0.25) is 0 Å². The number of methoxy groups -OCH3 is 1. The largest absolute Gasteiger partial charge is 0.466 e. The molecule has 2 atom stereocenters. The molecule has 11 heteroatoms. The molecule has 0 aromatic heterocycles. The molecule has 1 saturated heterocycles. The van der Waals surface area contributed by atoms with Gasteiger partial charge in [0, 0.05) is 5.70 Å². The van der Waals surface area contributed by atoms with E-state index in [1.807, 2.05) is 0 Å². The average Bonchev–Trinajstić information content (AvgIpc) is 2.99. The van der Waals surface area contributed by atoms with Gasteiger partial charge in [0.25, 0.3) is 0 Å². The normalized spacial score (nSPS) is 24.4. The van der Waals surface area contributed by atoms with E-state index in [9.17, 15) is 31.2 Å². The number of hydrogen-bond donors (Lipinski definition) is 1. The van der Waals surface area contributed by atoms with Crippen LogP contribution in [0.1, 0.15) is 30.5 Å².